The average Bonchev–Trinajstić information content (AvgIpc) is 2.84. The average molecular weight is 291 g/mol. The van der Waals surface area contributed by atoms with Gasteiger partial charge in [-0.1, -0.05) is 18.2 Å². The number of benzene rings is 1. The van der Waals surface area contributed by atoms with Crippen molar-refractivity contribution in [2.75, 3.05) is 7.11 Å². The fourth-order valence-electron chi connectivity index (χ4n) is 2.09. The summed E-state index contributed by atoms with van der Waals surface area (Å²) in [4.78, 5) is 15.8. The summed E-state index contributed by atoms with van der Waals surface area (Å²) in [5.41, 5.74) is 1.85. The van der Waals surface area contributed by atoms with Crippen LogP contribution >= 0.6 is 11.3 Å². The smallest absolute Gasteiger partial charge is 0.307 e. The van der Waals surface area contributed by atoms with Gasteiger partial charge in [-0.15, -0.1) is 11.3 Å². The van der Waals surface area contributed by atoms with Crippen molar-refractivity contribution < 1.29 is 14.6 Å². The van der Waals surface area contributed by atoms with E-state index in [1.54, 1.807) is 7.11 Å². The largest absolute Gasteiger partial charge is 0.496 e. The second kappa shape index (κ2) is 6.52. The molecule has 5 heteroatoms. The number of methoxy groups -OCH3 is 1. The molecule has 0 aliphatic heterocycles. The van der Waals surface area contributed by atoms with E-state index in [1.807, 2.05) is 36.6 Å². The van der Waals surface area contributed by atoms with Gasteiger partial charge in [0.25, 0.3) is 0 Å². The molecule has 0 spiro atoms. The Kier molecular flexibility index (Phi) is 4.74. The monoisotopic (exact) mass is 291 g/mol. The summed E-state index contributed by atoms with van der Waals surface area (Å²) in [5.74, 6) is -0.560. The Balaban J connectivity index is 2.15. The molecule has 20 heavy (non-hydrogen) atoms. The predicted octanol–water partition coefficient (Wildman–Crippen LogP) is 2.95. The third-order valence-corrected chi connectivity index (χ3v) is 4.08. The normalized spacial score (nSPS) is 12.1. The van der Waals surface area contributed by atoms with Crippen LogP contribution in [-0.2, 0) is 17.6 Å². The number of thiazole rings is 1. The van der Waals surface area contributed by atoms with Crippen molar-refractivity contribution in [3.8, 4) is 5.75 Å². The van der Waals surface area contributed by atoms with E-state index in [0.29, 0.717) is 12.8 Å². The highest BCUT2D eigenvalue weighted by atomic mass is 32.1. The Morgan fingerprint density at radius 2 is 2.15 bits per heavy atom. The van der Waals surface area contributed by atoms with Crippen molar-refractivity contribution >= 4 is 17.3 Å². The lowest BCUT2D eigenvalue weighted by Gasteiger charge is -2.13. The van der Waals surface area contributed by atoms with Gasteiger partial charge in [0.1, 0.15) is 5.75 Å². The molecule has 1 N–H and O–H groups in total. The first kappa shape index (κ1) is 14.5. The van der Waals surface area contributed by atoms with E-state index in [2.05, 4.69) is 4.98 Å². The molecule has 2 aromatic rings. The van der Waals surface area contributed by atoms with Crippen LogP contribution < -0.4 is 4.74 Å². The van der Waals surface area contributed by atoms with Crippen molar-refractivity contribution in [2.45, 2.75) is 19.8 Å². The fraction of sp³-hybridized carbons (Fsp3) is 0.333. The maximum atomic E-state index is 11.5. The molecule has 1 atom stereocenters. The van der Waals surface area contributed by atoms with Crippen molar-refractivity contribution in [2.24, 2.45) is 5.92 Å². The Morgan fingerprint density at radius 1 is 1.40 bits per heavy atom. The summed E-state index contributed by atoms with van der Waals surface area (Å²) in [6.07, 6.45) is 0.893. The number of aromatic nitrogens is 1. The van der Waals surface area contributed by atoms with Crippen LogP contribution in [0, 0.1) is 12.8 Å². The van der Waals surface area contributed by atoms with E-state index in [9.17, 15) is 9.90 Å². The van der Waals surface area contributed by atoms with Crippen LogP contribution in [0.1, 0.15) is 16.3 Å². The van der Waals surface area contributed by atoms with Crippen LogP contribution in [0.4, 0.5) is 0 Å². The Morgan fingerprint density at radius 3 is 2.75 bits per heavy atom. The zero-order valence-electron chi connectivity index (χ0n) is 11.5. The highest BCUT2D eigenvalue weighted by molar-refractivity contribution is 7.09. The minimum absolute atomic E-state index is 0.442. The van der Waals surface area contributed by atoms with Crippen LogP contribution in [0.25, 0.3) is 0 Å². The summed E-state index contributed by atoms with van der Waals surface area (Å²) < 4.78 is 5.27. The number of rotatable bonds is 6. The fourth-order valence-corrected chi connectivity index (χ4v) is 2.94. The second-order valence-electron chi connectivity index (χ2n) is 4.64. The number of carboxylic acids is 1. The van der Waals surface area contributed by atoms with E-state index in [1.165, 1.54) is 11.3 Å². The molecule has 2 rings (SSSR count). The lowest BCUT2D eigenvalue weighted by Crippen LogP contribution is -2.19. The number of ether oxygens (including phenoxy) is 1. The van der Waals surface area contributed by atoms with Crippen molar-refractivity contribution in [3.63, 3.8) is 0 Å². The van der Waals surface area contributed by atoms with Gasteiger partial charge in [-0.25, -0.2) is 4.98 Å². The number of aliphatic carboxylic acids is 1. The van der Waals surface area contributed by atoms with Crippen molar-refractivity contribution in [3.05, 3.63) is 45.9 Å². The number of nitrogens with zero attached hydrogens (tertiary/aromatic N) is 1. The Labute approximate surface area is 122 Å². The minimum atomic E-state index is -0.802. The molecule has 106 valence electrons. The lowest BCUT2D eigenvalue weighted by atomic mass is 9.96. The SMILES string of the molecule is COc1ccccc1CC(Cc1nc(C)cs1)C(=O)O. The molecule has 0 bridgehead atoms. The van der Waals surface area contributed by atoms with Gasteiger partial charge in [0, 0.05) is 17.5 Å². The minimum Gasteiger partial charge on any atom is -0.496 e. The molecule has 0 fully saturated rings. The van der Waals surface area contributed by atoms with Crippen LogP contribution in [0.5, 0.6) is 5.75 Å². The molecule has 1 aromatic carbocycles. The molecule has 0 saturated carbocycles. The van der Waals surface area contributed by atoms with E-state index in [0.717, 1.165) is 22.0 Å². The number of para-hydroxylation sites is 1. The number of hydrogen-bond acceptors (Lipinski definition) is 4. The molecule has 0 radical (unpaired) electrons. The Bertz CT molecular complexity index is 594. The quantitative estimate of drug-likeness (QED) is 0.889. The summed E-state index contributed by atoms with van der Waals surface area (Å²) in [5, 5.41) is 12.2. The van der Waals surface area contributed by atoms with Gasteiger partial charge in [-0.3, -0.25) is 4.79 Å². The first-order valence-electron chi connectivity index (χ1n) is 6.36. The number of hydrogen-bond donors (Lipinski definition) is 1. The molecule has 1 unspecified atom stereocenters. The highest BCUT2D eigenvalue weighted by Crippen LogP contribution is 2.24. The van der Waals surface area contributed by atoms with Gasteiger partial charge in [-0.05, 0) is 25.0 Å². The molecule has 0 aliphatic carbocycles. The highest BCUT2D eigenvalue weighted by Gasteiger charge is 2.21. The summed E-state index contributed by atoms with van der Waals surface area (Å²) >= 11 is 1.51. The van der Waals surface area contributed by atoms with Gasteiger partial charge in [-0.2, -0.15) is 0 Å². The standard InChI is InChI=1S/C15H17NO3S/c1-10-9-20-14(16-10)8-12(15(17)18)7-11-5-3-4-6-13(11)19-2/h3-6,9,12H,7-8H2,1-2H3,(H,17,18). The predicted molar refractivity (Wildman–Crippen MR) is 78.4 cm³/mol. The molecule has 0 aliphatic rings. The maximum absolute atomic E-state index is 11.5. The summed E-state index contributed by atoms with van der Waals surface area (Å²) in [6, 6.07) is 7.52. The first-order valence-corrected chi connectivity index (χ1v) is 7.24. The molecule has 0 saturated heterocycles. The summed E-state index contributed by atoms with van der Waals surface area (Å²) in [6.45, 7) is 1.91. The Hall–Kier alpha value is -1.88. The molecule has 1 aromatic heterocycles. The van der Waals surface area contributed by atoms with Gasteiger partial charge in [0.05, 0.1) is 18.0 Å². The van der Waals surface area contributed by atoms with Crippen molar-refractivity contribution in [1.82, 2.24) is 4.98 Å². The van der Waals surface area contributed by atoms with E-state index in [4.69, 9.17) is 4.74 Å². The zero-order chi connectivity index (χ0) is 14.5. The van der Waals surface area contributed by atoms with E-state index >= 15 is 0 Å². The number of carbonyl (C=O) groups is 1. The van der Waals surface area contributed by atoms with Crippen LogP contribution in [0.2, 0.25) is 0 Å². The maximum Gasteiger partial charge on any atom is 0.307 e. The summed E-state index contributed by atoms with van der Waals surface area (Å²) in [7, 11) is 1.60. The third-order valence-electron chi connectivity index (χ3n) is 3.10. The lowest BCUT2D eigenvalue weighted by molar-refractivity contribution is -0.141. The molecule has 1 heterocycles. The first-order chi connectivity index (χ1) is 9.60. The number of aryl methyl sites for hydroxylation is 1. The molecule has 0 amide bonds. The van der Waals surface area contributed by atoms with Crippen LogP contribution in [0.3, 0.4) is 0 Å². The molecular formula is C15H17NO3S. The van der Waals surface area contributed by atoms with Crippen LogP contribution in [-0.4, -0.2) is 23.2 Å². The second-order valence-corrected chi connectivity index (χ2v) is 5.58. The third kappa shape index (κ3) is 3.57. The zero-order valence-corrected chi connectivity index (χ0v) is 12.3. The van der Waals surface area contributed by atoms with Gasteiger partial charge in [0.15, 0.2) is 0 Å². The molecule has 4 nitrogen and oxygen atoms in total. The van der Waals surface area contributed by atoms with E-state index in [-0.39, 0.29) is 0 Å². The van der Waals surface area contributed by atoms with Gasteiger partial charge < -0.3 is 9.84 Å². The number of carboxylic acid groups (broad SMARTS) is 1. The van der Waals surface area contributed by atoms with Crippen molar-refractivity contribution in [1.29, 1.82) is 0 Å². The molecular weight excluding hydrogens is 274 g/mol. The van der Waals surface area contributed by atoms with Crippen LogP contribution in [0.15, 0.2) is 29.6 Å². The van der Waals surface area contributed by atoms with Gasteiger partial charge >= 0.3 is 5.97 Å². The van der Waals surface area contributed by atoms with Gasteiger partial charge in [0.2, 0.25) is 0 Å². The topological polar surface area (TPSA) is 59.4 Å². The van der Waals surface area contributed by atoms with E-state index < -0.39 is 11.9 Å².